The molecule has 0 fully saturated rings. The molecule has 2 rings (SSSR count). The zero-order chi connectivity index (χ0) is 18.3. The van der Waals surface area contributed by atoms with Gasteiger partial charge in [0.15, 0.2) is 15.8 Å². The Hall–Kier alpha value is -1.93. The maximum Gasteiger partial charge on any atom is 0.191 e. The largest absolute Gasteiger partial charge is 0.355 e. The molecule has 2 aromatic rings. The fourth-order valence-electron chi connectivity index (χ4n) is 2.10. The zero-order valence-corrected chi connectivity index (χ0v) is 16.3. The molecule has 1 heterocycles. The van der Waals surface area contributed by atoms with Crippen LogP contribution in [0.3, 0.4) is 0 Å². The Kier molecular flexibility index (Phi) is 6.95. The summed E-state index contributed by atoms with van der Waals surface area (Å²) in [4.78, 5) is 9.00. The number of sulfone groups is 1. The van der Waals surface area contributed by atoms with Crippen LogP contribution in [-0.4, -0.2) is 38.7 Å². The monoisotopic (exact) mass is 380 g/mol. The highest BCUT2D eigenvalue weighted by Crippen LogP contribution is 2.17. The first-order valence-electron chi connectivity index (χ1n) is 8.09. The summed E-state index contributed by atoms with van der Waals surface area (Å²) in [6.07, 6.45) is 0. The fourth-order valence-corrected chi connectivity index (χ4v) is 4.17. The number of hydrogen-bond acceptors (Lipinski definition) is 5. The van der Waals surface area contributed by atoms with Gasteiger partial charge >= 0.3 is 0 Å². The third-order valence-corrected chi connectivity index (χ3v) is 6.16. The standard InChI is InChI=1S/C17H24N4O2S2/c1-13(2)15-12-24-16(21-15)11-20-17(18-3)19-9-10-25(22,23)14-7-5-4-6-8-14/h4-8,12-13H,9-11H2,1-3H3,(H2,18,19,20). The molecule has 0 aliphatic heterocycles. The highest BCUT2D eigenvalue weighted by molar-refractivity contribution is 7.91. The van der Waals surface area contributed by atoms with Gasteiger partial charge in [-0.2, -0.15) is 0 Å². The smallest absolute Gasteiger partial charge is 0.191 e. The lowest BCUT2D eigenvalue weighted by atomic mass is 10.2. The Balaban J connectivity index is 1.82. The van der Waals surface area contributed by atoms with Gasteiger partial charge in [0.05, 0.1) is 22.9 Å². The molecule has 2 N–H and O–H groups in total. The van der Waals surface area contributed by atoms with Crippen LogP contribution in [0, 0.1) is 0 Å². The van der Waals surface area contributed by atoms with Gasteiger partial charge in [0.2, 0.25) is 0 Å². The zero-order valence-electron chi connectivity index (χ0n) is 14.7. The number of nitrogens with zero attached hydrogens (tertiary/aromatic N) is 2. The first kappa shape index (κ1) is 19.4. The molecule has 0 unspecified atom stereocenters. The average molecular weight is 381 g/mol. The third-order valence-electron chi connectivity index (χ3n) is 3.56. The van der Waals surface area contributed by atoms with Crippen LogP contribution < -0.4 is 10.6 Å². The summed E-state index contributed by atoms with van der Waals surface area (Å²) in [6.45, 7) is 5.06. The van der Waals surface area contributed by atoms with Gasteiger partial charge in [0.25, 0.3) is 0 Å². The lowest BCUT2D eigenvalue weighted by Gasteiger charge is -2.11. The van der Waals surface area contributed by atoms with Crippen LogP contribution in [0.25, 0.3) is 0 Å². The molecule has 25 heavy (non-hydrogen) atoms. The second-order valence-electron chi connectivity index (χ2n) is 5.81. The van der Waals surface area contributed by atoms with Gasteiger partial charge in [0, 0.05) is 19.0 Å². The van der Waals surface area contributed by atoms with Crippen molar-refractivity contribution in [1.29, 1.82) is 0 Å². The van der Waals surface area contributed by atoms with Crippen molar-refractivity contribution in [3.05, 3.63) is 46.4 Å². The van der Waals surface area contributed by atoms with Crippen LogP contribution in [0.15, 0.2) is 45.6 Å². The number of thiazole rings is 1. The Labute approximate surface area is 153 Å². The highest BCUT2D eigenvalue weighted by atomic mass is 32.2. The van der Waals surface area contributed by atoms with Crippen molar-refractivity contribution in [2.45, 2.75) is 31.2 Å². The van der Waals surface area contributed by atoms with E-state index in [4.69, 9.17) is 0 Å². The fraction of sp³-hybridized carbons (Fsp3) is 0.412. The quantitative estimate of drug-likeness (QED) is 0.569. The van der Waals surface area contributed by atoms with Gasteiger partial charge in [-0.15, -0.1) is 11.3 Å². The van der Waals surface area contributed by atoms with Gasteiger partial charge < -0.3 is 10.6 Å². The van der Waals surface area contributed by atoms with Gasteiger partial charge in [-0.3, -0.25) is 4.99 Å². The van der Waals surface area contributed by atoms with Crippen molar-refractivity contribution in [3.63, 3.8) is 0 Å². The first-order valence-corrected chi connectivity index (χ1v) is 10.6. The van der Waals surface area contributed by atoms with Gasteiger partial charge in [0.1, 0.15) is 5.01 Å². The van der Waals surface area contributed by atoms with Crippen molar-refractivity contribution in [1.82, 2.24) is 15.6 Å². The molecule has 1 aromatic heterocycles. The number of guanidine groups is 1. The number of rotatable bonds is 7. The van der Waals surface area contributed by atoms with Gasteiger partial charge in [-0.25, -0.2) is 13.4 Å². The van der Waals surface area contributed by atoms with Crippen LogP contribution in [0.2, 0.25) is 0 Å². The minimum absolute atomic E-state index is 0.00641. The molecule has 0 amide bonds. The Morgan fingerprint density at radius 2 is 1.96 bits per heavy atom. The molecule has 1 aromatic carbocycles. The number of hydrogen-bond donors (Lipinski definition) is 2. The third kappa shape index (κ3) is 5.82. The van der Waals surface area contributed by atoms with E-state index >= 15 is 0 Å². The maximum absolute atomic E-state index is 12.2. The van der Waals surface area contributed by atoms with Crippen molar-refractivity contribution in [3.8, 4) is 0 Å². The van der Waals surface area contributed by atoms with Crippen LogP contribution in [-0.2, 0) is 16.4 Å². The second-order valence-corrected chi connectivity index (χ2v) is 8.86. The first-order chi connectivity index (χ1) is 11.9. The minimum Gasteiger partial charge on any atom is -0.355 e. The predicted octanol–water partition coefficient (Wildman–Crippen LogP) is 2.41. The molecule has 0 radical (unpaired) electrons. The SMILES string of the molecule is CN=C(NCCS(=O)(=O)c1ccccc1)NCc1nc(C(C)C)cs1. The van der Waals surface area contributed by atoms with E-state index in [1.807, 2.05) is 0 Å². The Morgan fingerprint density at radius 1 is 1.24 bits per heavy atom. The van der Waals surface area contributed by atoms with E-state index in [0.29, 0.717) is 23.3 Å². The molecular formula is C17H24N4O2S2. The van der Waals surface area contributed by atoms with E-state index in [1.54, 1.807) is 48.7 Å². The summed E-state index contributed by atoms with van der Waals surface area (Å²) < 4.78 is 24.5. The Morgan fingerprint density at radius 3 is 2.56 bits per heavy atom. The molecule has 0 bridgehead atoms. The van der Waals surface area contributed by atoms with Crippen molar-refractivity contribution in [2.75, 3.05) is 19.3 Å². The summed E-state index contributed by atoms with van der Waals surface area (Å²) in [6, 6.07) is 8.46. The van der Waals surface area contributed by atoms with Crippen molar-refractivity contribution in [2.24, 2.45) is 4.99 Å². The summed E-state index contributed by atoms with van der Waals surface area (Å²) in [5, 5.41) is 9.22. The summed E-state index contributed by atoms with van der Waals surface area (Å²) >= 11 is 1.60. The summed E-state index contributed by atoms with van der Waals surface area (Å²) in [5.74, 6) is 0.974. The van der Waals surface area contributed by atoms with Gasteiger partial charge in [-0.1, -0.05) is 32.0 Å². The molecule has 0 aliphatic rings. The van der Waals surface area contributed by atoms with Crippen LogP contribution in [0.5, 0.6) is 0 Å². The molecule has 6 nitrogen and oxygen atoms in total. The molecule has 8 heteroatoms. The van der Waals surface area contributed by atoms with Crippen LogP contribution in [0.1, 0.15) is 30.5 Å². The molecular weight excluding hydrogens is 356 g/mol. The average Bonchev–Trinajstić information content (AvgIpc) is 3.08. The van der Waals surface area contributed by atoms with Crippen LogP contribution >= 0.6 is 11.3 Å². The van der Waals surface area contributed by atoms with E-state index in [0.717, 1.165) is 10.7 Å². The second kappa shape index (κ2) is 8.96. The predicted molar refractivity (Wildman–Crippen MR) is 103 cm³/mol. The minimum atomic E-state index is -3.29. The molecule has 0 saturated carbocycles. The summed E-state index contributed by atoms with van der Waals surface area (Å²) in [7, 11) is -1.64. The maximum atomic E-state index is 12.2. The summed E-state index contributed by atoms with van der Waals surface area (Å²) in [5.41, 5.74) is 1.08. The topological polar surface area (TPSA) is 83.5 Å². The lowest BCUT2D eigenvalue weighted by Crippen LogP contribution is -2.39. The van der Waals surface area contributed by atoms with Gasteiger partial charge in [-0.05, 0) is 18.1 Å². The number of nitrogens with one attached hydrogen (secondary N) is 2. The molecule has 0 saturated heterocycles. The number of aliphatic imine (C=N–C) groups is 1. The highest BCUT2D eigenvalue weighted by Gasteiger charge is 2.13. The molecule has 136 valence electrons. The Bertz CT molecular complexity index is 799. The lowest BCUT2D eigenvalue weighted by molar-refractivity contribution is 0.594. The number of benzene rings is 1. The van der Waals surface area contributed by atoms with E-state index in [1.165, 1.54) is 0 Å². The normalized spacial score (nSPS) is 12.4. The molecule has 0 spiro atoms. The number of aromatic nitrogens is 1. The van der Waals surface area contributed by atoms with E-state index in [2.05, 4.69) is 39.8 Å². The van der Waals surface area contributed by atoms with Crippen molar-refractivity contribution >= 4 is 27.1 Å². The van der Waals surface area contributed by atoms with Crippen molar-refractivity contribution < 1.29 is 8.42 Å². The van der Waals surface area contributed by atoms with E-state index in [9.17, 15) is 8.42 Å². The van der Waals surface area contributed by atoms with Crippen LogP contribution in [0.4, 0.5) is 0 Å². The van der Waals surface area contributed by atoms with E-state index in [-0.39, 0.29) is 12.3 Å². The molecule has 0 aliphatic carbocycles. The van der Waals surface area contributed by atoms with E-state index < -0.39 is 9.84 Å². The molecule has 0 atom stereocenters.